The fourth-order valence-corrected chi connectivity index (χ4v) is 1.48. The van der Waals surface area contributed by atoms with Crippen molar-refractivity contribution in [3.8, 4) is 0 Å². The highest BCUT2D eigenvalue weighted by Gasteiger charge is 2.03. The Bertz CT molecular complexity index is 697. The molecule has 0 unspecified atom stereocenters. The summed E-state index contributed by atoms with van der Waals surface area (Å²) in [5.41, 5.74) is 0.809. The Balaban J connectivity index is 3.15. The predicted octanol–water partition coefficient (Wildman–Crippen LogP) is 5.09. The Labute approximate surface area is 107 Å². The molecule has 84 valence electrons. The summed E-state index contributed by atoms with van der Waals surface area (Å²) >= 11 is 0. The molecule has 16 heavy (non-hydrogen) atoms. The molecule has 0 radical (unpaired) electrons. The van der Waals surface area contributed by atoms with Crippen LogP contribution in [-0.4, -0.2) is 0 Å². The lowest BCUT2D eigenvalue weighted by atomic mass is 9.96. The minimum absolute atomic E-state index is 0.00769. The van der Waals surface area contributed by atoms with Gasteiger partial charge in [0.1, 0.15) is 0 Å². The number of fused-ring (bicyclic) bond motifs is 1. The van der Waals surface area contributed by atoms with Gasteiger partial charge in [-0.15, -0.1) is 0 Å². The highest BCUT2D eigenvalue weighted by molar-refractivity contribution is 5.84. The van der Waals surface area contributed by atoms with Crippen LogP contribution >= 0.6 is 0 Å². The molecule has 0 aliphatic carbocycles. The smallest absolute Gasteiger partial charge is 0.0587 e. The van der Waals surface area contributed by atoms with Gasteiger partial charge in [-0.05, 0) is 33.7 Å². The van der Waals surface area contributed by atoms with Gasteiger partial charge < -0.3 is 0 Å². The van der Waals surface area contributed by atoms with Crippen LogP contribution in [0.1, 0.15) is 58.9 Å². The summed E-state index contributed by atoms with van der Waals surface area (Å²) in [4.78, 5) is 0. The Morgan fingerprint density at radius 3 is 1.44 bits per heavy atom. The molecule has 0 saturated carbocycles. The third-order valence-corrected chi connectivity index (χ3v) is 2.57. The van der Waals surface area contributed by atoms with Gasteiger partial charge >= 0.3 is 0 Å². The number of rotatable bonds is 2. The molecule has 0 fully saturated rings. The molecule has 0 saturated heterocycles. The molecule has 0 heteroatoms. The van der Waals surface area contributed by atoms with E-state index in [0.717, 1.165) is 0 Å². The first kappa shape index (κ1) is 5.86. The number of hydrogen-bond acceptors (Lipinski definition) is 0. The van der Waals surface area contributed by atoms with Gasteiger partial charge in [0.2, 0.25) is 0 Å². The van der Waals surface area contributed by atoms with E-state index in [1.54, 1.807) is 0 Å². The number of hydrogen-bond donors (Lipinski definition) is 0. The van der Waals surface area contributed by atoms with E-state index in [2.05, 4.69) is 0 Å². The Kier molecular flexibility index (Phi) is 1.57. The molecule has 0 aromatic heterocycles. The van der Waals surface area contributed by atoms with Crippen LogP contribution in [0.15, 0.2) is 36.3 Å². The SMILES string of the molecule is [2H]c1c(C(C)C)c([2H])c2c([2H])c([2H])c(C(C)C)c([2H])c2c1[2H]. The third kappa shape index (κ3) is 2.11. The molecule has 0 atom stereocenters. The van der Waals surface area contributed by atoms with E-state index in [9.17, 15) is 0 Å². The minimum atomic E-state index is -0.124. The molecular weight excluding hydrogens is 192 g/mol. The van der Waals surface area contributed by atoms with Crippen molar-refractivity contribution in [1.82, 2.24) is 0 Å². The van der Waals surface area contributed by atoms with E-state index < -0.39 is 0 Å². The van der Waals surface area contributed by atoms with Gasteiger partial charge in [0, 0.05) is 0 Å². The van der Waals surface area contributed by atoms with E-state index in [0.29, 0.717) is 11.1 Å². The second-order valence-corrected chi connectivity index (χ2v) is 4.64. The maximum absolute atomic E-state index is 8.33. The maximum atomic E-state index is 8.33. The summed E-state index contributed by atoms with van der Waals surface area (Å²) in [6, 6.07) is -0.313. The second kappa shape index (κ2) is 4.29. The maximum Gasteiger partial charge on any atom is 0.0632 e. The van der Waals surface area contributed by atoms with Crippen molar-refractivity contribution >= 4 is 10.8 Å². The monoisotopic (exact) mass is 218 g/mol. The second-order valence-electron chi connectivity index (χ2n) is 4.64. The molecule has 2 aromatic rings. The minimum Gasteiger partial charge on any atom is -0.0587 e. The Morgan fingerprint density at radius 2 is 1.12 bits per heavy atom. The first-order valence-corrected chi connectivity index (χ1v) is 5.64. The molecule has 0 heterocycles. The van der Waals surface area contributed by atoms with Crippen molar-refractivity contribution in [2.75, 3.05) is 0 Å². The predicted molar refractivity (Wildman–Crippen MR) is 72.1 cm³/mol. The molecule has 0 amide bonds. The van der Waals surface area contributed by atoms with Crippen LogP contribution in [0.2, 0.25) is 0 Å². The summed E-state index contributed by atoms with van der Waals surface area (Å²) in [6.45, 7) is 7.36. The van der Waals surface area contributed by atoms with Crippen molar-refractivity contribution in [3.05, 3.63) is 47.4 Å². The average Bonchev–Trinajstić information content (AvgIpc) is 2.39. The molecule has 0 N–H and O–H groups in total. The van der Waals surface area contributed by atoms with Crippen molar-refractivity contribution < 1.29 is 8.22 Å². The fourth-order valence-electron chi connectivity index (χ4n) is 1.48. The highest BCUT2D eigenvalue weighted by atomic mass is 14.1. The molecular formula is C16H20. The van der Waals surface area contributed by atoms with E-state index in [1.165, 1.54) is 0 Å². The van der Waals surface area contributed by atoms with Gasteiger partial charge in [-0.3, -0.25) is 0 Å². The topological polar surface area (TPSA) is 0 Å². The lowest BCUT2D eigenvalue weighted by Gasteiger charge is -2.10. The molecule has 2 rings (SSSR count). The zero-order valence-corrected chi connectivity index (χ0v) is 10.2. The summed E-state index contributed by atoms with van der Waals surface area (Å²) in [6.07, 6.45) is 0. The van der Waals surface area contributed by atoms with Crippen LogP contribution in [0.5, 0.6) is 0 Å². The van der Waals surface area contributed by atoms with E-state index in [-0.39, 0.29) is 58.9 Å². The van der Waals surface area contributed by atoms with Gasteiger partial charge in [0.25, 0.3) is 0 Å². The van der Waals surface area contributed by atoms with Gasteiger partial charge in [0.15, 0.2) is 0 Å². The van der Waals surface area contributed by atoms with Crippen LogP contribution in [0.25, 0.3) is 10.8 Å². The van der Waals surface area contributed by atoms with Crippen LogP contribution < -0.4 is 0 Å². The van der Waals surface area contributed by atoms with Gasteiger partial charge in [-0.25, -0.2) is 0 Å². The van der Waals surface area contributed by atoms with Gasteiger partial charge in [0.05, 0.1) is 8.22 Å². The Hall–Kier alpha value is -1.30. The fraction of sp³-hybridized carbons (Fsp3) is 0.375. The molecule has 2 aromatic carbocycles. The lowest BCUT2D eigenvalue weighted by Crippen LogP contribution is -1.89. The summed E-state index contributed by atoms with van der Waals surface area (Å²) < 4.78 is 49.4. The lowest BCUT2D eigenvalue weighted by molar-refractivity contribution is 0.865. The quantitative estimate of drug-likeness (QED) is 0.659. The molecule has 0 nitrogen and oxygen atoms in total. The highest BCUT2D eigenvalue weighted by Crippen LogP contribution is 2.24. The van der Waals surface area contributed by atoms with E-state index in [4.69, 9.17) is 8.22 Å². The van der Waals surface area contributed by atoms with E-state index in [1.807, 2.05) is 27.7 Å². The zero-order valence-electron chi connectivity index (χ0n) is 16.2. The summed E-state index contributed by atoms with van der Waals surface area (Å²) in [7, 11) is 0. The normalized spacial score (nSPS) is 16.9. The van der Waals surface area contributed by atoms with Crippen LogP contribution in [0.4, 0.5) is 0 Å². The zero-order chi connectivity index (χ0) is 16.9. The van der Waals surface area contributed by atoms with Crippen LogP contribution in [0.3, 0.4) is 0 Å². The number of benzene rings is 2. The van der Waals surface area contributed by atoms with Crippen molar-refractivity contribution in [3.63, 3.8) is 0 Å². The molecule has 0 bridgehead atoms. The Morgan fingerprint density at radius 1 is 0.750 bits per heavy atom. The van der Waals surface area contributed by atoms with Crippen LogP contribution in [-0.2, 0) is 0 Å². The molecule has 0 aliphatic heterocycles. The summed E-state index contributed by atoms with van der Waals surface area (Å²) in [5, 5.41) is 0.313. The third-order valence-electron chi connectivity index (χ3n) is 2.57. The van der Waals surface area contributed by atoms with Gasteiger partial charge in [-0.1, -0.05) is 63.9 Å². The van der Waals surface area contributed by atoms with Crippen molar-refractivity contribution in [1.29, 1.82) is 0 Å². The van der Waals surface area contributed by atoms with E-state index >= 15 is 0 Å². The van der Waals surface area contributed by atoms with Crippen LogP contribution in [0, 0.1) is 0 Å². The van der Waals surface area contributed by atoms with Crippen molar-refractivity contribution in [2.24, 2.45) is 0 Å². The summed E-state index contributed by atoms with van der Waals surface area (Å²) in [5.74, 6) is -0.248. The average molecular weight is 218 g/mol. The largest absolute Gasteiger partial charge is 0.0632 e. The molecule has 0 spiro atoms. The molecule has 0 aliphatic rings. The first-order valence-electron chi connectivity index (χ1n) is 8.64. The standard InChI is InChI=1S/C16H20/c1-11(2)13-5-7-16-10-14(12(3)4)6-8-15(16)9-13/h5-12H,1-4H3/i5D,6D,7D,8D,9D,10D. The van der Waals surface area contributed by atoms with Crippen molar-refractivity contribution in [2.45, 2.75) is 39.5 Å². The van der Waals surface area contributed by atoms with Gasteiger partial charge in [-0.2, -0.15) is 0 Å². The first-order chi connectivity index (χ1) is 10.1.